The van der Waals surface area contributed by atoms with Gasteiger partial charge in [0.25, 0.3) is 5.91 Å². The van der Waals surface area contributed by atoms with Crippen LogP contribution in [-0.4, -0.2) is 27.8 Å². The third-order valence-electron chi connectivity index (χ3n) is 2.61. The Hall–Kier alpha value is -2.23. The number of hydrogen-bond donors (Lipinski definition) is 2. The van der Waals surface area contributed by atoms with E-state index in [9.17, 15) is 4.79 Å². The number of carbonyl (C=O) groups is 1. The highest BCUT2D eigenvalue weighted by atomic mass is 32.1. The van der Waals surface area contributed by atoms with Crippen molar-refractivity contribution in [3.05, 3.63) is 40.4 Å². The highest BCUT2D eigenvalue weighted by molar-refractivity contribution is 7.15. The Morgan fingerprint density at radius 2 is 2.10 bits per heavy atom. The summed E-state index contributed by atoms with van der Waals surface area (Å²) in [6.07, 6.45) is 1.24. The molecule has 2 aromatic rings. The summed E-state index contributed by atoms with van der Waals surface area (Å²) in [6, 6.07) is 6.97. The average Bonchev–Trinajstić information content (AvgIpc) is 2.96. The summed E-state index contributed by atoms with van der Waals surface area (Å²) in [4.78, 5) is 12.0. The Labute approximate surface area is 127 Å². The Kier molecular flexibility index (Phi) is 5.43. The summed E-state index contributed by atoms with van der Waals surface area (Å²) in [7, 11) is 0. The van der Waals surface area contributed by atoms with E-state index in [1.165, 1.54) is 11.3 Å². The van der Waals surface area contributed by atoms with Gasteiger partial charge in [0.05, 0.1) is 6.61 Å². The third kappa shape index (κ3) is 4.38. The van der Waals surface area contributed by atoms with E-state index in [1.54, 1.807) is 24.3 Å². The smallest absolute Gasteiger partial charge is 0.257 e. The van der Waals surface area contributed by atoms with Crippen LogP contribution in [0.5, 0.6) is 0 Å². The molecule has 0 aliphatic rings. The summed E-state index contributed by atoms with van der Waals surface area (Å²) in [6.45, 7) is 2.04. The largest absolute Gasteiger partial charge is 0.395 e. The molecule has 2 N–H and O–H groups in total. The number of aliphatic hydroxyl groups excluding tert-OH is 1. The molecule has 1 amide bonds. The topological polar surface area (TPSA) is 75.1 Å². The number of aryl methyl sites for hydroxylation is 1. The van der Waals surface area contributed by atoms with Gasteiger partial charge >= 0.3 is 0 Å². The number of nitrogens with zero attached hydrogens (tertiary/aromatic N) is 2. The molecule has 0 radical (unpaired) electrons. The Morgan fingerprint density at radius 3 is 2.71 bits per heavy atom. The first-order valence-corrected chi connectivity index (χ1v) is 7.38. The zero-order chi connectivity index (χ0) is 15.1. The van der Waals surface area contributed by atoms with Crippen LogP contribution in [0.4, 0.5) is 5.13 Å². The molecule has 0 atom stereocenters. The van der Waals surface area contributed by atoms with Crippen molar-refractivity contribution in [1.29, 1.82) is 0 Å². The fourth-order valence-electron chi connectivity index (χ4n) is 1.54. The molecular formula is C15H15N3O2S. The van der Waals surface area contributed by atoms with Crippen molar-refractivity contribution in [2.24, 2.45) is 0 Å². The van der Waals surface area contributed by atoms with Gasteiger partial charge in [0.2, 0.25) is 5.13 Å². The molecule has 1 heterocycles. The standard InChI is InChI=1S/C15H15N3O2S/c1-2-13-17-18-15(21-13)16-14(20)12-8-6-11(7-9-12)5-3-4-10-19/h6-9,19H,2,4,10H2,1H3,(H,16,18,20). The quantitative estimate of drug-likeness (QED) is 0.848. The summed E-state index contributed by atoms with van der Waals surface area (Å²) in [5.41, 5.74) is 1.35. The van der Waals surface area contributed by atoms with E-state index in [4.69, 9.17) is 5.11 Å². The molecule has 0 unspecified atom stereocenters. The van der Waals surface area contributed by atoms with Crippen LogP contribution in [0.2, 0.25) is 0 Å². The van der Waals surface area contributed by atoms with Crippen molar-refractivity contribution in [1.82, 2.24) is 10.2 Å². The van der Waals surface area contributed by atoms with E-state index in [0.29, 0.717) is 17.1 Å². The number of aromatic nitrogens is 2. The predicted molar refractivity (Wildman–Crippen MR) is 82.3 cm³/mol. The van der Waals surface area contributed by atoms with E-state index in [1.807, 2.05) is 6.92 Å². The van der Waals surface area contributed by atoms with Crippen LogP contribution in [0.3, 0.4) is 0 Å². The molecule has 2 rings (SSSR count). The van der Waals surface area contributed by atoms with Gasteiger partial charge in [-0.25, -0.2) is 0 Å². The number of benzene rings is 1. The lowest BCUT2D eigenvalue weighted by Crippen LogP contribution is -2.11. The molecule has 108 valence electrons. The fraction of sp³-hybridized carbons (Fsp3) is 0.267. The van der Waals surface area contributed by atoms with Crippen LogP contribution < -0.4 is 5.32 Å². The lowest BCUT2D eigenvalue weighted by Gasteiger charge is -2.01. The SMILES string of the molecule is CCc1nnc(NC(=O)c2ccc(C#CCCO)cc2)s1. The lowest BCUT2D eigenvalue weighted by molar-refractivity contribution is 0.102. The van der Waals surface area contributed by atoms with Crippen molar-refractivity contribution in [2.75, 3.05) is 11.9 Å². The molecule has 0 aliphatic heterocycles. The van der Waals surface area contributed by atoms with Crippen molar-refractivity contribution < 1.29 is 9.90 Å². The molecule has 0 bridgehead atoms. The van der Waals surface area contributed by atoms with Crippen LogP contribution in [0.1, 0.15) is 34.3 Å². The number of rotatable bonds is 4. The molecule has 1 aromatic heterocycles. The van der Waals surface area contributed by atoms with Gasteiger partial charge in [-0.05, 0) is 30.7 Å². The normalized spacial score (nSPS) is 9.81. The fourth-order valence-corrected chi connectivity index (χ4v) is 2.22. The highest BCUT2D eigenvalue weighted by Gasteiger charge is 2.09. The minimum absolute atomic E-state index is 0.0507. The van der Waals surface area contributed by atoms with E-state index in [2.05, 4.69) is 27.4 Å². The molecule has 1 aromatic carbocycles. The number of nitrogens with one attached hydrogen (secondary N) is 1. The van der Waals surface area contributed by atoms with Crippen molar-refractivity contribution in [3.63, 3.8) is 0 Å². The highest BCUT2D eigenvalue weighted by Crippen LogP contribution is 2.16. The number of amides is 1. The van der Waals surface area contributed by atoms with Crippen molar-refractivity contribution in [2.45, 2.75) is 19.8 Å². The monoisotopic (exact) mass is 301 g/mol. The van der Waals surface area contributed by atoms with Gasteiger partial charge in [0.1, 0.15) is 5.01 Å². The van der Waals surface area contributed by atoms with E-state index in [-0.39, 0.29) is 12.5 Å². The molecule has 5 nitrogen and oxygen atoms in total. The number of hydrogen-bond acceptors (Lipinski definition) is 5. The molecule has 0 fully saturated rings. The maximum atomic E-state index is 12.0. The van der Waals surface area contributed by atoms with E-state index in [0.717, 1.165) is 17.0 Å². The van der Waals surface area contributed by atoms with E-state index < -0.39 is 0 Å². The van der Waals surface area contributed by atoms with E-state index >= 15 is 0 Å². The van der Waals surface area contributed by atoms with Crippen molar-refractivity contribution in [3.8, 4) is 11.8 Å². The molecule has 0 aliphatic carbocycles. The van der Waals surface area contributed by atoms with Crippen molar-refractivity contribution >= 4 is 22.4 Å². The number of anilines is 1. The summed E-state index contributed by atoms with van der Waals surface area (Å²) < 4.78 is 0. The second kappa shape index (κ2) is 7.53. The Morgan fingerprint density at radius 1 is 1.33 bits per heavy atom. The minimum Gasteiger partial charge on any atom is -0.395 e. The first kappa shape index (κ1) is 15.2. The van der Waals surface area contributed by atoms with Gasteiger partial charge < -0.3 is 5.11 Å². The molecule has 6 heteroatoms. The van der Waals surface area contributed by atoms with Gasteiger partial charge in [-0.3, -0.25) is 10.1 Å². The second-order valence-electron chi connectivity index (χ2n) is 4.16. The first-order chi connectivity index (χ1) is 10.2. The minimum atomic E-state index is -0.219. The maximum absolute atomic E-state index is 12.0. The van der Waals surface area contributed by atoms with Crippen LogP contribution in [-0.2, 0) is 6.42 Å². The predicted octanol–water partition coefficient (Wildman–Crippen LogP) is 2.09. The number of aliphatic hydroxyl groups is 1. The van der Waals surface area contributed by atoms with Gasteiger partial charge in [-0.1, -0.05) is 30.1 Å². The Bertz CT molecular complexity index is 668. The zero-order valence-electron chi connectivity index (χ0n) is 11.6. The summed E-state index contributed by atoms with van der Waals surface area (Å²) in [5, 5.41) is 20.6. The van der Waals surface area contributed by atoms with Gasteiger partial charge in [0.15, 0.2) is 0 Å². The van der Waals surface area contributed by atoms with Gasteiger partial charge in [-0.2, -0.15) is 0 Å². The van der Waals surface area contributed by atoms with Crippen LogP contribution >= 0.6 is 11.3 Å². The number of carbonyl (C=O) groups excluding carboxylic acids is 1. The van der Waals surface area contributed by atoms with Gasteiger partial charge in [-0.15, -0.1) is 10.2 Å². The molecule has 0 saturated heterocycles. The lowest BCUT2D eigenvalue weighted by atomic mass is 10.1. The Balaban J connectivity index is 2.01. The second-order valence-corrected chi connectivity index (χ2v) is 5.22. The molecule has 21 heavy (non-hydrogen) atoms. The summed E-state index contributed by atoms with van der Waals surface area (Å²) >= 11 is 1.37. The van der Waals surface area contributed by atoms with Crippen LogP contribution in [0.15, 0.2) is 24.3 Å². The third-order valence-corrected chi connectivity index (χ3v) is 3.59. The van der Waals surface area contributed by atoms with Crippen LogP contribution in [0.25, 0.3) is 0 Å². The maximum Gasteiger partial charge on any atom is 0.257 e. The van der Waals surface area contributed by atoms with Crippen LogP contribution in [0, 0.1) is 11.8 Å². The van der Waals surface area contributed by atoms with Gasteiger partial charge in [0, 0.05) is 17.5 Å². The summed E-state index contributed by atoms with van der Waals surface area (Å²) in [5.74, 6) is 5.52. The molecule has 0 spiro atoms. The zero-order valence-corrected chi connectivity index (χ0v) is 12.4. The molecular weight excluding hydrogens is 286 g/mol. The molecule has 0 saturated carbocycles. The first-order valence-electron chi connectivity index (χ1n) is 6.56. The average molecular weight is 301 g/mol.